The van der Waals surface area contributed by atoms with Gasteiger partial charge in [-0.05, 0) is 51.7 Å². The molecule has 1 rings (SSSR count). The molecule has 0 spiro atoms. The summed E-state index contributed by atoms with van der Waals surface area (Å²) in [7, 11) is 2.17. The summed E-state index contributed by atoms with van der Waals surface area (Å²) < 4.78 is 0. The van der Waals surface area contributed by atoms with Crippen molar-refractivity contribution in [2.45, 2.75) is 66.1 Å². The molecule has 3 heteroatoms. The first kappa shape index (κ1) is 17.0. The van der Waals surface area contributed by atoms with Crippen LogP contribution in [0.5, 0.6) is 0 Å². The largest absolute Gasteiger partial charge is 0.370 e. The van der Waals surface area contributed by atoms with Gasteiger partial charge < -0.3 is 10.2 Å². The Morgan fingerprint density at radius 1 is 1.25 bits per heavy atom. The minimum Gasteiger partial charge on any atom is -0.370 e. The van der Waals surface area contributed by atoms with Crippen LogP contribution in [0.15, 0.2) is 18.5 Å². The average molecular weight is 277 g/mol. The predicted molar refractivity (Wildman–Crippen MR) is 88.1 cm³/mol. The molecule has 0 amide bonds. The van der Waals surface area contributed by atoms with Crippen molar-refractivity contribution in [2.75, 3.05) is 11.9 Å². The second-order valence-corrected chi connectivity index (χ2v) is 7.20. The lowest BCUT2D eigenvalue weighted by Crippen LogP contribution is -2.36. The normalized spacial score (nSPS) is 13.6. The average Bonchev–Trinajstić information content (AvgIpc) is 2.34. The van der Waals surface area contributed by atoms with Gasteiger partial charge in [-0.3, -0.25) is 4.98 Å². The first-order valence-electron chi connectivity index (χ1n) is 7.61. The molecule has 1 aromatic rings. The highest BCUT2D eigenvalue weighted by atomic mass is 15.1. The van der Waals surface area contributed by atoms with Crippen LogP contribution in [0.3, 0.4) is 0 Å². The van der Waals surface area contributed by atoms with Gasteiger partial charge in [-0.15, -0.1) is 0 Å². The molecule has 1 aromatic heterocycles. The van der Waals surface area contributed by atoms with Gasteiger partial charge in [0, 0.05) is 31.4 Å². The van der Waals surface area contributed by atoms with Crippen LogP contribution in [0.1, 0.15) is 53.5 Å². The molecule has 0 aliphatic heterocycles. The molecule has 0 aliphatic rings. The number of aromatic nitrogens is 1. The Kier molecular flexibility index (Phi) is 6.00. The SMILES string of the molecule is CC(C)CC(C)N(C)c1cnccc1CNC(C)(C)C. The summed E-state index contributed by atoms with van der Waals surface area (Å²) in [4.78, 5) is 6.66. The molecular weight excluding hydrogens is 246 g/mol. The number of nitrogens with one attached hydrogen (secondary N) is 1. The van der Waals surface area contributed by atoms with Gasteiger partial charge in [-0.2, -0.15) is 0 Å². The number of nitrogens with zero attached hydrogens (tertiary/aromatic N) is 2. The van der Waals surface area contributed by atoms with Crippen molar-refractivity contribution in [2.24, 2.45) is 5.92 Å². The van der Waals surface area contributed by atoms with Gasteiger partial charge in [0.1, 0.15) is 0 Å². The maximum atomic E-state index is 4.30. The van der Waals surface area contributed by atoms with E-state index in [9.17, 15) is 0 Å². The number of anilines is 1. The summed E-state index contributed by atoms with van der Waals surface area (Å²) in [6, 6.07) is 2.64. The van der Waals surface area contributed by atoms with Gasteiger partial charge in [0.15, 0.2) is 0 Å². The molecule has 114 valence electrons. The summed E-state index contributed by atoms with van der Waals surface area (Å²) in [5.74, 6) is 0.709. The summed E-state index contributed by atoms with van der Waals surface area (Å²) in [5, 5.41) is 3.56. The smallest absolute Gasteiger partial charge is 0.0598 e. The Labute approximate surface area is 124 Å². The molecule has 0 fully saturated rings. The van der Waals surface area contributed by atoms with E-state index < -0.39 is 0 Å². The molecule has 0 aromatic carbocycles. The Hall–Kier alpha value is -1.09. The van der Waals surface area contributed by atoms with Crippen molar-refractivity contribution in [3.05, 3.63) is 24.0 Å². The maximum Gasteiger partial charge on any atom is 0.0598 e. The van der Waals surface area contributed by atoms with Crippen LogP contribution < -0.4 is 10.2 Å². The van der Waals surface area contributed by atoms with E-state index >= 15 is 0 Å². The highest BCUT2D eigenvalue weighted by Crippen LogP contribution is 2.23. The fraction of sp³-hybridized carbons (Fsp3) is 0.706. The number of hydrogen-bond donors (Lipinski definition) is 1. The molecule has 1 heterocycles. The van der Waals surface area contributed by atoms with Gasteiger partial charge in [0.2, 0.25) is 0 Å². The summed E-state index contributed by atoms with van der Waals surface area (Å²) in [6.45, 7) is 14.3. The van der Waals surface area contributed by atoms with E-state index in [1.54, 1.807) is 0 Å². The maximum absolute atomic E-state index is 4.30. The lowest BCUT2D eigenvalue weighted by Gasteiger charge is -2.30. The molecule has 0 saturated heterocycles. The zero-order valence-corrected chi connectivity index (χ0v) is 14.2. The fourth-order valence-electron chi connectivity index (χ4n) is 2.32. The topological polar surface area (TPSA) is 28.2 Å². The van der Waals surface area contributed by atoms with Crippen LogP contribution >= 0.6 is 0 Å². The van der Waals surface area contributed by atoms with E-state index in [0.717, 1.165) is 6.54 Å². The summed E-state index contributed by atoms with van der Waals surface area (Å²) >= 11 is 0. The summed E-state index contributed by atoms with van der Waals surface area (Å²) in [5.41, 5.74) is 2.67. The molecule has 0 radical (unpaired) electrons. The first-order valence-corrected chi connectivity index (χ1v) is 7.61. The second kappa shape index (κ2) is 7.07. The number of rotatable bonds is 6. The zero-order chi connectivity index (χ0) is 15.3. The highest BCUT2D eigenvalue weighted by molar-refractivity contribution is 5.51. The molecule has 1 N–H and O–H groups in total. The predicted octanol–water partition coefficient (Wildman–Crippen LogP) is 3.84. The molecule has 0 aliphatic carbocycles. The van der Waals surface area contributed by atoms with Gasteiger partial charge in [-0.1, -0.05) is 13.8 Å². The molecular formula is C17H31N3. The molecule has 1 unspecified atom stereocenters. The Bertz CT molecular complexity index is 407. The van der Waals surface area contributed by atoms with Gasteiger partial charge in [0.05, 0.1) is 11.9 Å². The van der Waals surface area contributed by atoms with Gasteiger partial charge >= 0.3 is 0 Å². The Morgan fingerprint density at radius 2 is 1.90 bits per heavy atom. The van der Waals surface area contributed by atoms with Crippen molar-refractivity contribution in [3.8, 4) is 0 Å². The van der Waals surface area contributed by atoms with Crippen LogP contribution in [0.2, 0.25) is 0 Å². The van der Waals surface area contributed by atoms with Crippen molar-refractivity contribution < 1.29 is 0 Å². The van der Waals surface area contributed by atoms with Crippen molar-refractivity contribution in [1.82, 2.24) is 10.3 Å². The Balaban J connectivity index is 2.83. The lowest BCUT2D eigenvalue weighted by atomic mass is 10.0. The zero-order valence-electron chi connectivity index (χ0n) is 14.2. The van der Waals surface area contributed by atoms with Crippen LogP contribution in [-0.2, 0) is 6.54 Å². The molecule has 3 nitrogen and oxygen atoms in total. The molecule has 20 heavy (non-hydrogen) atoms. The monoisotopic (exact) mass is 277 g/mol. The quantitative estimate of drug-likeness (QED) is 0.856. The van der Waals surface area contributed by atoms with E-state index in [1.807, 2.05) is 12.4 Å². The van der Waals surface area contributed by atoms with Gasteiger partial charge in [0.25, 0.3) is 0 Å². The van der Waals surface area contributed by atoms with Crippen LogP contribution in [0, 0.1) is 5.92 Å². The van der Waals surface area contributed by atoms with E-state index in [4.69, 9.17) is 0 Å². The van der Waals surface area contributed by atoms with E-state index in [1.165, 1.54) is 17.7 Å². The van der Waals surface area contributed by atoms with Crippen LogP contribution in [0.4, 0.5) is 5.69 Å². The third-order valence-electron chi connectivity index (χ3n) is 3.55. The summed E-state index contributed by atoms with van der Waals surface area (Å²) in [6.07, 6.45) is 5.05. The Morgan fingerprint density at radius 3 is 2.45 bits per heavy atom. The first-order chi connectivity index (χ1) is 9.20. The fourth-order valence-corrected chi connectivity index (χ4v) is 2.32. The van der Waals surface area contributed by atoms with Gasteiger partial charge in [-0.25, -0.2) is 0 Å². The van der Waals surface area contributed by atoms with Crippen molar-refractivity contribution in [3.63, 3.8) is 0 Å². The standard InChI is InChI=1S/C17H31N3/c1-13(2)10-14(3)20(7)16-12-18-9-8-15(16)11-19-17(4,5)6/h8-9,12-14,19H,10-11H2,1-7H3. The van der Waals surface area contributed by atoms with Crippen molar-refractivity contribution >= 4 is 5.69 Å². The minimum atomic E-state index is 0.128. The number of pyridine rings is 1. The number of hydrogen-bond acceptors (Lipinski definition) is 3. The lowest BCUT2D eigenvalue weighted by molar-refractivity contribution is 0.423. The third-order valence-corrected chi connectivity index (χ3v) is 3.55. The van der Waals surface area contributed by atoms with Crippen molar-refractivity contribution in [1.29, 1.82) is 0 Å². The molecule has 0 saturated carbocycles. The minimum absolute atomic E-state index is 0.128. The van der Waals surface area contributed by atoms with Crippen LogP contribution in [-0.4, -0.2) is 23.6 Å². The molecule has 1 atom stereocenters. The second-order valence-electron chi connectivity index (χ2n) is 7.20. The third kappa shape index (κ3) is 5.49. The van der Waals surface area contributed by atoms with E-state index in [2.05, 4.69) is 69.9 Å². The van der Waals surface area contributed by atoms with E-state index in [0.29, 0.717) is 12.0 Å². The molecule has 0 bridgehead atoms. The van der Waals surface area contributed by atoms with Crippen LogP contribution in [0.25, 0.3) is 0 Å². The van der Waals surface area contributed by atoms with E-state index in [-0.39, 0.29) is 5.54 Å². The highest BCUT2D eigenvalue weighted by Gasteiger charge is 2.16.